The Morgan fingerprint density at radius 3 is 2.47 bits per heavy atom. The first kappa shape index (κ1) is 21.4. The molecule has 2 amide bonds. The van der Waals surface area contributed by atoms with E-state index in [4.69, 9.17) is 4.74 Å². The molecule has 0 atom stereocenters. The van der Waals surface area contributed by atoms with Crippen LogP contribution in [-0.4, -0.2) is 57.1 Å². The van der Waals surface area contributed by atoms with Crippen LogP contribution >= 0.6 is 0 Å². The third kappa shape index (κ3) is 3.69. The Hall–Kier alpha value is -3.79. The van der Waals surface area contributed by atoms with Crippen LogP contribution in [-0.2, 0) is 18.8 Å². The molecule has 166 valence electrons. The molecule has 0 spiro atoms. The van der Waals surface area contributed by atoms with Crippen molar-refractivity contribution in [2.24, 2.45) is 14.1 Å². The average molecular weight is 437 g/mol. The molecule has 1 aromatic carbocycles. The van der Waals surface area contributed by atoms with Crippen LogP contribution in [0.4, 0.5) is 5.69 Å². The van der Waals surface area contributed by atoms with Crippen molar-refractivity contribution in [1.29, 1.82) is 0 Å². The van der Waals surface area contributed by atoms with Crippen molar-refractivity contribution in [3.05, 3.63) is 68.0 Å². The number of carbonyl (C=O) groups is 2. The first-order chi connectivity index (χ1) is 15.3. The number of ether oxygens (including phenoxy) is 1. The number of amides is 2. The molecule has 3 aromatic rings. The molecule has 4 rings (SSSR count). The highest BCUT2D eigenvalue weighted by atomic mass is 16.5. The molecule has 10 heteroatoms. The Bertz CT molecular complexity index is 1350. The van der Waals surface area contributed by atoms with Gasteiger partial charge in [-0.2, -0.15) is 0 Å². The van der Waals surface area contributed by atoms with Crippen LogP contribution < -0.4 is 16.6 Å². The van der Waals surface area contributed by atoms with E-state index in [9.17, 15) is 19.2 Å². The zero-order valence-electron chi connectivity index (χ0n) is 18.0. The number of hydrogen-bond acceptors (Lipinski definition) is 6. The molecule has 1 fully saturated rings. The van der Waals surface area contributed by atoms with Crippen molar-refractivity contribution < 1.29 is 14.3 Å². The van der Waals surface area contributed by atoms with E-state index in [-0.39, 0.29) is 22.6 Å². The summed E-state index contributed by atoms with van der Waals surface area (Å²) in [6, 6.07) is 8.04. The number of fused-ring (bicyclic) bond motifs is 1. The number of anilines is 1. The van der Waals surface area contributed by atoms with Gasteiger partial charge in [-0.3, -0.25) is 23.5 Å². The van der Waals surface area contributed by atoms with Crippen LogP contribution in [0.1, 0.15) is 26.4 Å². The zero-order chi connectivity index (χ0) is 23.0. The smallest absolute Gasteiger partial charge is 0.332 e. The second-order valence-corrected chi connectivity index (χ2v) is 7.61. The lowest BCUT2D eigenvalue weighted by molar-refractivity contribution is 0.0302. The van der Waals surface area contributed by atoms with E-state index in [0.29, 0.717) is 43.1 Å². The normalized spacial score (nSPS) is 13.9. The van der Waals surface area contributed by atoms with Gasteiger partial charge in [0.15, 0.2) is 0 Å². The van der Waals surface area contributed by atoms with Crippen LogP contribution in [0.15, 0.2) is 39.9 Å². The first-order valence-corrected chi connectivity index (χ1v) is 10.1. The standard InChI is InChI=1S/C22H23N5O5/c1-13-14(21(30)27-9-11-32-12-10-27)5-4-6-16(13)24-19(28)17-8-7-15-18(23-17)25(2)22(31)26(3)20(15)29/h4-8H,9-12H2,1-3H3,(H,24,28). The van der Waals surface area contributed by atoms with Gasteiger partial charge in [0.2, 0.25) is 0 Å². The maximum absolute atomic E-state index is 12.9. The highest BCUT2D eigenvalue weighted by Gasteiger charge is 2.22. The first-order valence-electron chi connectivity index (χ1n) is 10.1. The van der Waals surface area contributed by atoms with Crippen LogP contribution in [0.2, 0.25) is 0 Å². The Morgan fingerprint density at radius 1 is 1.03 bits per heavy atom. The van der Waals surface area contributed by atoms with Gasteiger partial charge >= 0.3 is 5.69 Å². The van der Waals surface area contributed by atoms with Gasteiger partial charge in [0, 0.05) is 38.4 Å². The van der Waals surface area contributed by atoms with Gasteiger partial charge in [-0.05, 0) is 36.8 Å². The summed E-state index contributed by atoms with van der Waals surface area (Å²) >= 11 is 0. The van der Waals surface area contributed by atoms with Crippen LogP contribution in [0.5, 0.6) is 0 Å². The molecule has 10 nitrogen and oxygen atoms in total. The van der Waals surface area contributed by atoms with Crippen LogP contribution in [0.3, 0.4) is 0 Å². The predicted molar refractivity (Wildman–Crippen MR) is 118 cm³/mol. The number of morpholine rings is 1. The second-order valence-electron chi connectivity index (χ2n) is 7.61. The molecule has 0 aliphatic carbocycles. The number of carbonyl (C=O) groups excluding carboxylic acids is 2. The van der Waals surface area contributed by atoms with E-state index >= 15 is 0 Å². The molecule has 0 bridgehead atoms. The summed E-state index contributed by atoms with van der Waals surface area (Å²) in [5, 5.41) is 3.02. The van der Waals surface area contributed by atoms with E-state index in [1.54, 1.807) is 30.0 Å². The summed E-state index contributed by atoms with van der Waals surface area (Å²) in [4.78, 5) is 56.2. The van der Waals surface area contributed by atoms with Crippen molar-refractivity contribution in [2.75, 3.05) is 31.6 Å². The van der Waals surface area contributed by atoms with E-state index < -0.39 is 17.2 Å². The van der Waals surface area contributed by atoms with Gasteiger partial charge < -0.3 is 15.0 Å². The highest BCUT2D eigenvalue weighted by molar-refractivity contribution is 6.05. The number of pyridine rings is 1. The Balaban J connectivity index is 1.64. The summed E-state index contributed by atoms with van der Waals surface area (Å²) < 4.78 is 7.51. The summed E-state index contributed by atoms with van der Waals surface area (Å²) in [5.41, 5.74) is 0.782. The maximum atomic E-state index is 12.9. The molecule has 0 radical (unpaired) electrons. The molecule has 1 aliphatic heterocycles. The lowest BCUT2D eigenvalue weighted by Gasteiger charge is -2.27. The number of benzene rings is 1. The van der Waals surface area contributed by atoms with Gasteiger partial charge in [0.05, 0.1) is 18.6 Å². The minimum absolute atomic E-state index is 0.0464. The van der Waals surface area contributed by atoms with Crippen molar-refractivity contribution in [3.63, 3.8) is 0 Å². The van der Waals surface area contributed by atoms with E-state index in [1.165, 1.54) is 30.8 Å². The molecule has 2 aromatic heterocycles. The highest BCUT2D eigenvalue weighted by Crippen LogP contribution is 2.22. The van der Waals surface area contributed by atoms with Gasteiger partial charge in [-0.15, -0.1) is 0 Å². The van der Waals surface area contributed by atoms with Crippen molar-refractivity contribution in [1.82, 2.24) is 19.0 Å². The third-order valence-corrected chi connectivity index (χ3v) is 5.65. The predicted octanol–water partition coefficient (Wildman–Crippen LogP) is 0.665. The number of rotatable bonds is 3. The molecule has 32 heavy (non-hydrogen) atoms. The number of hydrogen-bond donors (Lipinski definition) is 1. The Kier molecular flexibility index (Phi) is 5.62. The van der Waals surface area contributed by atoms with E-state index in [2.05, 4.69) is 10.3 Å². The minimum Gasteiger partial charge on any atom is -0.378 e. The maximum Gasteiger partial charge on any atom is 0.332 e. The van der Waals surface area contributed by atoms with Crippen LogP contribution in [0, 0.1) is 6.92 Å². The van der Waals surface area contributed by atoms with Crippen LogP contribution in [0.25, 0.3) is 11.0 Å². The summed E-state index contributed by atoms with van der Waals surface area (Å²) in [6.45, 7) is 3.81. The lowest BCUT2D eigenvalue weighted by atomic mass is 10.0. The number of aryl methyl sites for hydroxylation is 1. The molecule has 1 saturated heterocycles. The Labute approximate surface area is 183 Å². The molecule has 1 aliphatic rings. The molecule has 0 saturated carbocycles. The number of nitrogens with zero attached hydrogens (tertiary/aromatic N) is 4. The fraction of sp³-hybridized carbons (Fsp3) is 0.318. The summed E-state index contributed by atoms with van der Waals surface area (Å²) in [7, 11) is 2.88. The zero-order valence-corrected chi connectivity index (χ0v) is 18.0. The third-order valence-electron chi connectivity index (χ3n) is 5.65. The molecule has 3 heterocycles. The lowest BCUT2D eigenvalue weighted by Crippen LogP contribution is -2.41. The fourth-order valence-electron chi connectivity index (χ4n) is 3.71. The quantitative estimate of drug-likeness (QED) is 0.644. The van der Waals surface area contributed by atoms with E-state index in [0.717, 1.165) is 4.57 Å². The molecular formula is C22H23N5O5. The topological polar surface area (TPSA) is 116 Å². The fourth-order valence-corrected chi connectivity index (χ4v) is 3.71. The summed E-state index contributed by atoms with van der Waals surface area (Å²) in [5.74, 6) is -0.629. The largest absolute Gasteiger partial charge is 0.378 e. The molecule has 1 N–H and O–H groups in total. The molecular weight excluding hydrogens is 414 g/mol. The van der Waals surface area contributed by atoms with Crippen molar-refractivity contribution in [3.8, 4) is 0 Å². The number of aromatic nitrogens is 3. The van der Waals surface area contributed by atoms with Gasteiger partial charge in [-0.1, -0.05) is 6.07 Å². The minimum atomic E-state index is -0.530. The van der Waals surface area contributed by atoms with Gasteiger partial charge in [-0.25, -0.2) is 9.78 Å². The Morgan fingerprint density at radius 2 is 1.75 bits per heavy atom. The van der Waals surface area contributed by atoms with Crippen molar-refractivity contribution in [2.45, 2.75) is 6.92 Å². The monoisotopic (exact) mass is 437 g/mol. The van der Waals surface area contributed by atoms with E-state index in [1.807, 2.05) is 0 Å². The second kappa shape index (κ2) is 8.39. The van der Waals surface area contributed by atoms with Crippen molar-refractivity contribution >= 4 is 28.5 Å². The SMILES string of the molecule is Cc1c(NC(=O)c2ccc3c(=O)n(C)c(=O)n(C)c3n2)cccc1C(=O)N1CCOCC1. The van der Waals surface area contributed by atoms with Gasteiger partial charge in [0.25, 0.3) is 17.4 Å². The molecule has 0 unspecified atom stereocenters. The summed E-state index contributed by atoms with van der Waals surface area (Å²) in [6.07, 6.45) is 0. The van der Waals surface area contributed by atoms with Gasteiger partial charge in [0.1, 0.15) is 11.3 Å². The average Bonchev–Trinajstić information content (AvgIpc) is 2.82. The number of nitrogens with one attached hydrogen (secondary N) is 1.